The number of carbonyl (C=O) groups is 1. The Morgan fingerprint density at radius 2 is 1.83 bits per heavy atom. The van der Waals surface area contributed by atoms with Crippen LogP contribution in [-0.2, 0) is 11.5 Å². The van der Waals surface area contributed by atoms with Gasteiger partial charge in [0.2, 0.25) is 5.91 Å². The van der Waals surface area contributed by atoms with E-state index < -0.39 is 0 Å². The van der Waals surface area contributed by atoms with E-state index in [4.69, 9.17) is 0 Å². The lowest BCUT2D eigenvalue weighted by molar-refractivity contribution is -0.134. The number of fused-ring (bicyclic) bond motifs is 1. The van der Waals surface area contributed by atoms with Gasteiger partial charge in [-0.15, -0.1) is 0 Å². The lowest BCUT2D eigenvalue weighted by Gasteiger charge is -2.28. The SMILES string of the molecule is O=C1CCCCN1Cn1c(-c2ccccc2)cc2cc(F)ccc21. The number of likely N-dealkylation sites (tertiary alicyclic amines) is 1. The van der Waals surface area contributed by atoms with Gasteiger partial charge in [0, 0.05) is 18.4 Å². The molecule has 4 heteroatoms. The zero-order chi connectivity index (χ0) is 16.5. The lowest BCUT2D eigenvalue weighted by atomic mass is 10.1. The van der Waals surface area contributed by atoms with Gasteiger partial charge >= 0.3 is 0 Å². The third kappa shape index (κ3) is 2.68. The third-order valence-corrected chi connectivity index (χ3v) is 4.67. The Morgan fingerprint density at radius 3 is 2.62 bits per heavy atom. The average Bonchev–Trinajstić information content (AvgIpc) is 2.95. The Balaban J connectivity index is 1.83. The number of nitrogens with zero attached hydrogens (tertiary/aromatic N) is 2. The molecular formula is C20H19FN2O. The van der Waals surface area contributed by atoms with Gasteiger partial charge < -0.3 is 9.47 Å². The van der Waals surface area contributed by atoms with Crippen molar-refractivity contribution in [1.82, 2.24) is 9.47 Å². The molecule has 0 radical (unpaired) electrons. The van der Waals surface area contributed by atoms with Crippen LogP contribution in [0.4, 0.5) is 4.39 Å². The number of hydrogen-bond acceptors (Lipinski definition) is 1. The maximum atomic E-state index is 13.6. The van der Waals surface area contributed by atoms with Gasteiger partial charge in [-0.05, 0) is 42.7 Å². The van der Waals surface area contributed by atoms with E-state index in [1.165, 1.54) is 6.07 Å². The van der Waals surface area contributed by atoms with Crippen molar-refractivity contribution < 1.29 is 9.18 Å². The second kappa shape index (κ2) is 6.11. The fourth-order valence-corrected chi connectivity index (χ4v) is 3.42. The minimum Gasteiger partial charge on any atom is -0.325 e. The normalized spacial score (nSPS) is 15.2. The smallest absolute Gasteiger partial charge is 0.223 e. The summed E-state index contributed by atoms with van der Waals surface area (Å²) in [6.07, 6.45) is 2.63. The molecule has 0 bridgehead atoms. The first kappa shape index (κ1) is 14.9. The van der Waals surface area contributed by atoms with Crippen molar-refractivity contribution in [3.05, 3.63) is 60.4 Å². The predicted molar refractivity (Wildman–Crippen MR) is 92.9 cm³/mol. The average molecular weight is 322 g/mol. The molecule has 1 saturated heterocycles. The van der Waals surface area contributed by atoms with Gasteiger partial charge in [-0.25, -0.2) is 4.39 Å². The van der Waals surface area contributed by atoms with E-state index in [1.54, 1.807) is 12.1 Å². The zero-order valence-corrected chi connectivity index (χ0v) is 13.4. The summed E-state index contributed by atoms with van der Waals surface area (Å²) < 4.78 is 15.7. The summed E-state index contributed by atoms with van der Waals surface area (Å²) in [4.78, 5) is 14.1. The van der Waals surface area contributed by atoms with Crippen LogP contribution in [-0.4, -0.2) is 21.9 Å². The fourth-order valence-electron chi connectivity index (χ4n) is 3.42. The summed E-state index contributed by atoms with van der Waals surface area (Å²) >= 11 is 0. The molecule has 1 fully saturated rings. The van der Waals surface area contributed by atoms with E-state index in [0.29, 0.717) is 13.1 Å². The van der Waals surface area contributed by atoms with Crippen molar-refractivity contribution in [2.75, 3.05) is 6.54 Å². The molecule has 0 atom stereocenters. The quantitative estimate of drug-likeness (QED) is 0.701. The number of aromatic nitrogens is 1. The number of hydrogen-bond donors (Lipinski definition) is 0. The highest BCUT2D eigenvalue weighted by atomic mass is 19.1. The summed E-state index contributed by atoms with van der Waals surface area (Å²) in [7, 11) is 0. The van der Waals surface area contributed by atoms with Gasteiger partial charge in [0.05, 0.1) is 17.9 Å². The first-order valence-electron chi connectivity index (χ1n) is 8.34. The highest BCUT2D eigenvalue weighted by molar-refractivity contribution is 5.87. The highest BCUT2D eigenvalue weighted by Crippen LogP contribution is 2.29. The fraction of sp³-hybridized carbons (Fsp3) is 0.250. The predicted octanol–water partition coefficient (Wildman–Crippen LogP) is 4.42. The van der Waals surface area contributed by atoms with E-state index in [1.807, 2.05) is 41.3 Å². The summed E-state index contributed by atoms with van der Waals surface area (Å²) in [5.41, 5.74) is 3.03. The molecule has 0 N–H and O–H groups in total. The first-order valence-corrected chi connectivity index (χ1v) is 8.34. The molecule has 0 unspecified atom stereocenters. The topological polar surface area (TPSA) is 25.2 Å². The Bertz CT molecular complexity index is 885. The number of piperidine rings is 1. The van der Waals surface area contributed by atoms with Crippen molar-refractivity contribution in [2.24, 2.45) is 0 Å². The molecule has 1 aliphatic heterocycles. The molecule has 0 spiro atoms. The molecule has 0 saturated carbocycles. The van der Waals surface area contributed by atoms with Crippen LogP contribution in [0.2, 0.25) is 0 Å². The Kier molecular flexibility index (Phi) is 3.81. The molecule has 1 amide bonds. The Morgan fingerprint density at radius 1 is 1.00 bits per heavy atom. The van der Waals surface area contributed by atoms with Gasteiger partial charge in [0.15, 0.2) is 0 Å². The minimum absolute atomic E-state index is 0.198. The maximum Gasteiger partial charge on any atom is 0.223 e. The van der Waals surface area contributed by atoms with Crippen LogP contribution in [0.25, 0.3) is 22.2 Å². The standard InChI is InChI=1S/C20H19FN2O/c21-17-9-10-18-16(12-17)13-19(15-6-2-1-3-7-15)23(18)14-22-11-5-4-8-20(22)24/h1-3,6-7,9-10,12-13H,4-5,8,11,14H2. The highest BCUT2D eigenvalue weighted by Gasteiger charge is 2.20. The molecule has 4 rings (SSSR count). The number of halogens is 1. The van der Waals surface area contributed by atoms with Crippen LogP contribution in [0.1, 0.15) is 19.3 Å². The summed E-state index contributed by atoms with van der Waals surface area (Å²) in [5, 5.41) is 0.860. The third-order valence-electron chi connectivity index (χ3n) is 4.67. The summed E-state index contributed by atoms with van der Waals surface area (Å²) in [5.74, 6) is -0.0440. The number of amides is 1. The molecule has 2 heterocycles. The van der Waals surface area contributed by atoms with Gasteiger partial charge in [0.25, 0.3) is 0 Å². The lowest BCUT2D eigenvalue weighted by Crippen LogP contribution is -2.36. The van der Waals surface area contributed by atoms with E-state index >= 15 is 0 Å². The molecule has 24 heavy (non-hydrogen) atoms. The van der Waals surface area contributed by atoms with Gasteiger partial charge in [-0.2, -0.15) is 0 Å². The van der Waals surface area contributed by atoms with Crippen molar-refractivity contribution in [2.45, 2.75) is 25.9 Å². The Labute approximate surface area is 140 Å². The van der Waals surface area contributed by atoms with Gasteiger partial charge in [-0.1, -0.05) is 30.3 Å². The summed E-state index contributed by atoms with van der Waals surface area (Å²) in [6.45, 7) is 1.30. The molecule has 1 aliphatic rings. The first-order chi connectivity index (χ1) is 11.7. The van der Waals surface area contributed by atoms with E-state index in [-0.39, 0.29) is 11.7 Å². The van der Waals surface area contributed by atoms with Gasteiger partial charge in [0.1, 0.15) is 5.82 Å². The summed E-state index contributed by atoms with van der Waals surface area (Å²) in [6, 6.07) is 16.9. The van der Waals surface area contributed by atoms with Crippen LogP contribution in [0.15, 0.2) is 54.6 Å². The van der Waals surface area contributed by atoms with E-state index in [0.717, 1.165) is 41.5 Å². The minimum atomic E-state index is -0.242. The number of rotatable bonds is 3. The second-order valence-electron chi connectivity index (χ2n) is 6.28. The van der Waals surface area contributed by atoms with Crippen molar-refractivity contribution in [3.8, 4) is 11.3 Å². The van der Waals surface area contributed by atoms with Crippen LogP contribution in [0.5, 0.6) is 0 Å². The zero-order valence-electron chi connectivity index (χ0n) is 13.4. The molecular weight excluding hydrogens is 303 g/mol. The van der Waals surface area contributed by atoms with E-state index in [2.05, 4.69) is 4.57 Å². The van der Waals surface area contributed by atoms with Crippen LogP contribution >= 0.6 is 0 Å². The molecule has 3 aromatic rings. The molecule has 122 valence electrons. The van der Waals surface area contributed by atoms with Crippen LogP contribution in [0.3, 0.4) is 0 Å². The Hall–Kier alpha value is -2.62. The molecule has 0 aliphatic carbocycles. The molecule has 3 nitrogen and oxygen atoms in total. The number of benzene rings is 2. The maximum absolute atomic E-state index is 13.6. The van der Waals surface area contributed by atoms with Crippen LogP contribution < -0.4 is 0 Å². The number of carbonyl (C=O) groups excluding carboxylic acids is 1. The van der Waals surface area contributed by atoms with Crippen molar-refractivity contribution in [3.63, 3.8) is 0 Å². The largest absolute Gasteiger partial charge is 0.325 e. The molecule has 1 aromatic heterocycles. The van der Waals surface area contributed by atoms with Crippen LogP contribution in [0, 0.1) is 5.82 Å². The second-order valence-corrected chi connectivity index (χ2v) is 6.28. The van der Waals surface area contributed by atoms with E-state index in [9.17, 15) is 9.18 Å². The van der Waals surface area contributed by atoms with Crippen molar-refractivity contribution >= 4 is 16.8 Å². The monoisotopic (exact) mass is 322 g/mol. The van der Waals surface area contributed by atoms with Gasteiger partial charge in [-0.3, -0.25) is 4.79 Å². The molecule has 2 aromatic carbocycles. The van der Waals surface area contributed by atoms with Crippen molar-refractivity contribution in [1.29, 1.82) is 0 Å².